The van der Waals surface area contributed by atoms with E-state index in [9.17, 15) is 9.59 Å². The van der Waals surface area contributed by atoms with Crippen LogP contribution in [0.3, 0.4) is 0 Å². The van der Waals surface area contributed by atoms with E-state index in [4.69, 9.17) is 18.9 Å². The molecule has 1 saturated heterocycles. The van der Waals surface area contributed by atoms with Gasteiger partial charge < -0.3 is 24.3 Å². The van der Waals surface area contributed by atoms with Gasteiger partial charge in [0.25, 0.3) is 0 Å². The molecular weight excluding hydrogens is 434 g/mol. The van der Waals surface area contributed by atoms with Gasteiger partial charge in [0.1, 0.15) is 6.61 Å². The molecule has 1 fully saturated rings. The van der Waals surface area contributed by atoms with Crippen molar-refractivity contribution in [2.24, 2.45) is 17.8 Å². The highest BCUT2D eigenvalue weighted by molar-refractivity contribution is 5.75. The van der Waals surface area contributed by atoms with Gasteiger partial charge in [-0.15, -0.1) is 0 Å². The number of carbonyl (C=O) groups is 2. The topological polar surface area (TPSA) is 83.1 Å². The van der Waals surface area contributed by atoms with Gasteiger partial charge >= 0.3 is 5.97 Å². The summed E-state index contributed by atoms with van der Waals surface area (Å²) >= 11 is 0. The molecule has 7 nitrogen and oxygen atoms in total. The van der Waals surface area contributed by atoms with Crippen LogP contribution in [0.5, 0.6) is 0 Å². The number of rotatable bonds is 14. The van der Waals surface area contributed by atoms with Gasteiger partial charge in [0.05, 0.1) is 18.8 Å². The van der Waals surface area contributed by atoms with Crippen molar-refractivity contribution in [1.29, 1.82) is 0 Å². The third-order valence-corrected chi connectivity index (χ3v) is 6.73. The van der Waals surface area contributed by atoms with Crippen LogP contribution in [0.15, 0.2) is 30.3 Å². The maximum atomic E-state index is 12.1. The Bertz CT molecular complexity index is 727. The van der Waals surface area contributed by atoms with E-state index in [1.807, 2.05) is 37.3 Å². The average molecular weight is 478 g/mol. The maximum Gasteiger partial charge on any atom is 0.302 e. The van der Waals surface area contributed by atoms with Crippen molar-refractivity contribution in [2.45, 2.75) is 85.4 Å². The standard InChI is InChI=1S/C27H43NO6/c1-19(32-17-24-12-8-6-9-13-24)16-28-26(30)14-10-7-11-15-31-27-22(4)20(2)21(3)25(34-27)18-33-23(5)29/h6,8-9,12-13,19-22,25,27H,7,10-11,14-18H2,1-5H3,(H,28,30)/t19?,20-,21+,22?,25?,27+/m0/s1. The van der Waals surface area contributed by atoms with Crippen LogP contribution >= 0.6 is 0 Å². The lowest BCUT2D eigenvalue weighted by molar-refractivity contribution is -0.255. The van der Waals surface area contributed by atoms with Crippen LogP contribution in [-0.4, -0.2) is 50.1 Å². The van der Waals surface area contributed by atoms with E-state index >= 15 is 0 Å². The van der Waals surface area contributed by atoms with Crippen LogP contribution < -0.4 is 5.32 Å². The first kappa shape index (κ1) is 28.3. The van der Waals surface area contributed by atoms with Crippen molar-refractivity contribution >= 4 is 11.9 Å². The Morgan fingerprint density at radius 2 is 1.76 bits per heavy atom. The van der Waals surface area contributed by atoms with Gasteiger partial charge in [-0.05, 0) is 37.2 Å². The summed E-state index contributed by atoms with van der Waals surface area (Å²) in [6, 6.07) is 10.0. The molecule has 192 valence electrons. The van der Waals surface area contributed by atoms with Crippen LogP contribution in [-0.2, 0) is 35.1 Å². The molecule has 34 heavy (non-hydrogen) atoms. The Kier molecular flexibility index (Phi) is 12.6. The summed E-state index contributed by atoms with van der Waals surface area (Å²) in [5.41, 5.74) is 1.12. The second kappa shape index (κ2) is 15.1. The number of hydrogen-bond acceptors (Lipinski definition) is 6. The van der Waals surface area contributed by atoms with Crippen molar-refractivity contribution in [1.82, 2.24) is 5.32 Å². The number of esters is 1. The summed E-state index contributed by atoms with van der Waals surface area (Å²) in [4.78, 5) is 23.3. The fourth-order valence-electron chi connectivity index (χ4n) is 4.05. The Balaban J connectivity index is 1.55. The Hall–Kier alpha value is -1.96. The Morgan fingerprint density at radius 1 is 1.03 bits per heavy atom. The summed E-state index contributed by atoms with van der Waals surface area (Å²) in [5, 5.41) is 2.95. The monoisotopic (exact) mass is 477 g/mol. The summed E-state index contributed by atoms with van der Waals surface area (Å²) < 4.78 is 23.1. The molecule has 0 saturated carbocycles. The smallest absolute Gasteiger partial charge is 0.302 e. The zero-order valence-corrected chi connectivity index (χ0v) is 21.5. The predicted octanol–water partition coefficient (Wildman–Crippen LogP) is 4.48. The van der Waals surface area contributed by atoms with Crippen LogP contribution in [0.25, 0.3) is 0 Å². The Morgan fingerprint density at radius 3 is 2.47 bits per heavy atom. The molecule has 1 amide bonds. The van der Waals surface area contributed by atoms with E-state index in [2.05, 4.69) is 26.1 Å². The molecule has 1 aromatic rings. The molecule has 1 aliphatic heterocycles. The van der Waals surface area contributed by atoms with Crippen LogP contribution in [0.4, 0.5) is 0 Å². The summed E-state index contributed by atoms with van der Waals surface area (Å²) in [6.45, 7) is 11.7. The van der Waals surface area contributed by atoms with Crippen LogP contribution in [0.1, 0.15) is 65.9 Å². The van der Waals surface area contributed by atoms with Crippen LogP contribution in [0, 0.1) is 17.8 Å². The highest BCUT2D eigenvalue weighted by Crippen LogP contribution is 2.35. The summed E-state index contributed by atoms with van der Waals surface area (Å²) in [5.74, 6) is 0.718. The predicted molar refractivity (Wildman–Crippen MR) is 131 cm³/mol. The quantitative estimate of drug-likeness (QED) is 0.314. The molecule has 1 aliphatic rings. The van der Waals surface area contributed by atoms with E-state index in [-0.39, 0.29) is 42.9 Å². The van der Waals surface area contributed by atoms with Gasteiger partial charge in [-0.3, -0.25) is 9.59 Å². The molecule has 1 heterocycles. The maximum absolute atomic E-state index is 12.1. The fourth-order valence-corrected chi connectivity index (χ4v) is 4.05. The van der Waals surface area contributed by atoms with E-state index in [1.54, 1.807) is 0 Å². The third kappa shape index (κ3) is 10.1. The van der Waals surface area contributed by atoms with Crippen molar-refractivity contribution in [3.63, 3.8) is 0 Å². The number of benzene rings is 1. The van der Waals surface area contributed by atoms with Crippen molar-refractivity contribution < 1.29 is 28.5 Å². The van der Waals surface area contributed by atoms with E-state index in [1.165, 1.54) is 6.92 Å². The fraction of sp³-hybridized carbons (Fsp3) is 0.704. The molecule has 6 atom stereocenters. The van der Waals surface area contributed by atoms with Gasteiger partial charge in [0.15, 0.2) is 6.29 Å². The lowest BCUT2D eigenvalue weighted by Crippen LogP contribution is -2.47. The molecule has 7 heteroatoms. The molecule has 0 bridgehead atoms. The van der Waals surface area contributed by atoms with Crippen LogP contribution in [0.2, 0.25) is 0 Å². The molecule has 0 spiro atoms. The number of nitrogens with one attached hydrogen (secondary N) is 1. The van der Waals surface area contributed by atoms with E-state index < -0.39 is 0 Å². The minimum atomic E-state index is -0.299. The number of unbranched alkanes of at least 4 members (excludes halogenated alkanes) is 2. The molecule has 0 radical (unpaired) electrons. The van der Waals surface area contributed by atoms with Gasteiger partial charge in [0, 0.05) is 32.4 Å². The van der Waals surface area contributed by atoms with E-state index in [0.717, 1.165) is 24.8 Å². The first-order valence-corrected chi connectivity index (χ1v) is 12.6. The molecule has 3 unspecified atom stereocenters. The molecule has 0 aromatic heterocycles. The zero-order valence-electron chi connectivity index (χ0n) is 21.5. The number of hydrogen-bond donors (Lipinski definition) is 1. The second-order valence-corrected chi connectivity index (χ2v) is 9.52. The van der Waals surface area contributed by atoms with Gasteiger partial charge in [0.2, 0.25) is 5.91 Å². The number of ether oxygens (including phenoxy) is 4. The highest BCUT2D eigenvalue weighted by atomic mass is 16.7. The second-order valence-electron chi connectivity index (χ2n) is 9.52. The first-order valence-electron chi connectivity index (χ1n) is 12.6. The summed E-state index contributed by atoms with van der Waals surface area (Å²) in [7, 11) is 0. The largest absolute Gasteiger partial charge is 0.463 e. The minimum Gasteiger partial charge on any atom is -0.463 e. The lowest BCUT2D eigenvalue weighted by Gasteiger charge is -2.43. The molecule has 2 rings (SSSR count). The summed E-state index contributed by atoms with van der Waals surface area (Å²) in [6.07, 6.45) is 2.62. The molecule has 0 aliphatic carbocycles. The first-order chi connectivity index (χ1) is 16.3. The number of carbonyl (C=O) groups excluding carboxylic acids is 2. The minimum absolute atomic E-state index is 0.0372. The number of amides is 1. The average Bonchev–Trinajstić information content (AvgIpc) is 2.83. The highest BCUT2D eigenvalue weighted by Gasteiger charge is 2.40. The third-order valence-electron chi connectivity index (χ3n) is 6.73. The van der Waals surface area contributed by atoms with Crippen molar-refractivity contribution in [2.75, 3.05) is 19.8 Å². The normalized spacial score (nSPS) is 25.5. The zero-order chi connectivity index (χ0) is 24.9. The van der Waals surface area contributed by atoms with E-state index in [0.29, 0.717) is 38.0 Å². The molecule has 1 N–H and O–H groups in total. The Labute approximate surface area is 204 Å². The van der Waals surface area contributed by atoms with Crippen molar-refractivity contribution in [3.8, 4) is 0 Å². The van der Waals surface area contributed by atoms with Gasteiger partial charge in [-0.2, -0.15) is 0 Å². The molecule has 1 aromatic carbocycles. The SMILES string of the molecule is CC(=O)OCC1O[C@@H](OCCCCCC(=O)NCC(C)OCc2ccccc2)C(C)[C@@H](C)[C@H]1C. The van der Waals surface area contributed by atoms with Gasteiger partial charge in [-0.1, -0.05) is 57.5 Å². The van der Waals surface area contributed by atoms with Crippen molar-refractivity contribution in [3.05, 3.63) is 35.9 Å². The molecular formula is C27H43NO6. The lowest BCUT2D eigenvalue weighted by atomic mass is 9.79. The van der Waals surface area contributed by atoms with Gasteiger partial charge in [-0.25, -0.2) is 0 Å².